The minimum absolute atomic E-state index is 0.0489. The quantitative estimate of drug-likeness (QED) is 0.284. The van der Waals surface area contributed by atoms with Crippen LogP contribution in [0.5, 0.6) is 11.5 Å². The molecule has 0 bridgehead atoms. The number of urea groups is 1. The molecule has 1 aromatic heterocycles. The molecule has 1 aliphatic rings. The molecule has 0 spiro atoms. The Morgan fingerprint density at radius 1 is 0.919 bits per heavy atom. The monoisotopic (exact) mass is 527 g/mol. The van der Waals surface area contributed by atoms with Crippen molar-refractivity contribution in [3.8, 4) is 11.5 Å². The Morgan fingerprint density at radius 2 is 1.65 bits per heavy atom. The molecule has 2 heterocycles. The SMILES string of the molecule is O=C(Nc1cccc(Oc2ccc3ncc(N4CCCC4)nc3c2)c1)Nc1ccc(Cl)c(C(F)(F)F)c1. The average Bonchev–Trinajstić information content (AvgIpc) is 3.39. The highest BCUT2D eigenvalue weighted by molar-refractivity contribution is 6.31. The fraction of sp³-hybridized carbons (Fsp3) is 0.192. The van der Waals surface area contributed by atoms with E-state index < -0.39 is 22.8 Å². The van der Waals surface area contributed by atoms with Crippen LogP contribution in [0, 0.1) is 0 Å². The molecule has 0 saturated carbocycles. The van der Waals surface area contributed by atoms with E-state index in [0.29, 0.717) is 22.7 Å². The Morgan fingerprint density at radius 3 is 2.41 bits per heavy atom. The largest absolute Gasteiger partial charge is 0.457 e. The van der Waals surface area contributed by atoms with E-state index in [0.717, 1.165) is 49.4 Å². The van der Waals surface area contributed by atoms with Crippen LogP contribution in [-0.4, -0.2) is 29.1 Å². The summed E-state index contributed by atoms with van der Waals surface area (Å²) < 4.78 is 45.2. The second-order valence-corrected chi connectivity index (χ2v) is 8.88. The fourth-order valence-electron chi connectivity index (χ4n) is 4.03. The number of anilines is 3. The van der Waals surface area contributed by atoms with Gasteiger partial charge in [-0.15, -0.1) is 0 Å². The number of carbonyl (C=O) groups excluding carboxylic acids is 1. The maximum atomic E-state index is 13.1. The van der Waals surface area contributed by atoms with Crippen LogP contribution in [0.3, 0.4) is 0 Å². The number of alkyl halides is 3. The zero-order valence-electron chi connectivity index (χ0n) is 19.3. The Labute approximate surface area is 215 Å². The van der Waals surface area contributed by atoms with Gasteiger partial charge in [-0.1, -0.05) is 17.7 Å². The molecule has 11 heteroatoms. The minimum atomic E-state index is -4.64. The molecular weight excluding hydrogens is 507 g/mol. The third-order valence-electron chi connectivity index (χ3n) is 5.79. The van der Waals surface area contributed by atoms with Crippen molar-refractivity contribution in [2.45, 2.75) is 19.0 Å². The van der Waals surface area contributed by atoms with Gasteiger partial charge in [0.2, 0.25) is 0 Å². The number of ether oxygens (including phenoxy) is 1. The Hall–Kier alpha value is -4.05. The lowest BCUT2D eigenvalue weighted by molar-refractivity contribution is -0.137. The van der Waals surface area contributed by atoms with Crippen molar-refractivity contribution in [3.05, 3.63) is 77.4 Å². The number of carbonyl (C=O) groups is 1. The second kappa shape index (κ2) is 10.1. The molecule has 5 rings (SSSR count). The van der Waals surface area contributed by atoms with Gasteiger partial charge in [0, 0.05) is 36.6 Å². The van der Waals surface area contributed by atoms with E-state index in [9.17, 15) is 18.0 Å². The maximum absolute atomic E-state index is 13.1. The highest BCUT2D eigenvalue weighted by atomic mass is 35.5. The molecule has 1 saturated heterocycles. The van der Waals surface area contributed by atoms with E-state index >= 15 is 0 Å². The van der Waals surface area contributed by atoms with Crippen LogP contribution in [0.1, 0.15) is 18.4 Å². The number of nitrogens with zero attached hydrogens (tertiary/aromatic N) is 3. The van der Waals surface area contributed by atoms with E-state index in [-0.39, 0.29) is 5.69 Å². The van der Waals surface area contributed by atoms with Gasteiger partial charge < -0.3 is 20.3 Å². The summed E-state index contributed by atoms with van der Waals surface area (Å²) in [6.45, 7) is 1.93. The second-order valence-electron chi connectivity index (χ2n) is 8.47. The van der Waals surface area contributed by atoms with Crippen molar-refractivity contribution in [1.82, 2.24) is 9.97 Å². The number of hydrogen-bond acceptors (Lipinski definition) is 5. The number of rotatable bonds is 5. The number of benzene rings is 3. The summed E-state index contributed by atoms with van der Waals surface area (Å²) in [6, 6.07) is 14.4. The van der Waals surface area contributed by atoms with Crippen molar-refractivity contribution >= 4 is 45.9 Å². The van der Waals surface area contributed by atoms with E-state index in [1.807, 2.05) is 6.07 Å². The maximum Gasteiger partial charge on any atom is 0.417 e. The Bertz CT molecular complexity index is 1460. The lowest BCUT2D eigenvalue weighted by Crippen LogP contribution is -2.20. The fourth-order valence-corrected chi connectivity index (χ4v) is 4.26. The molecule has 2 N–H and O–H groups in total. The van der Waals surface area contributed by atoms with Crippen molar-refractivity contribution in [3.63, 3.8) is 0 Å². The lowest BCUT2D eigenvalue weighted by Gasteiger charge is -2.16. The van der Waals surface area contributed by atoms with Crippen LogP contribution < -0.4 is 20.3 Å². The van der Waals surface area contributed by atoms with Crippen molar-refractivity contribution < 1.29 is 22.7 Å². The molecule has 2 amide bonds. The first-order valence-electron chi connectivity index (χ1n) is 11.5. The summed E-state index contributed by atoms with van der Waals surface area (Å²) in [5.41, 5.74) is 0.758. The third kappa shape index (κ3) is 5.86. The van der Waals surface area contributed by atoms with Crippen molar-refractivity contribution in [1.29, 1.82) is 0 Å². The van der Waals surface area contributed by atoms with Crippen molar-refractivity contribution in [2.24, 2.45) is 0 Å². The molecule has 1 aliphatic heterocycles. The van der Waals surface area contributed by atoms with Crippen molar-refractivity contribution in [2.75, 3.05) is 28.6 Å². The van der Waals surface area contributed by atoms with Crippen LogP contribution >= 0.6 is 11.6 Å². The molecule has 0 unspecified atom stereocenters. The summed E-state index contributed by atoms with van der Waals surface area (Å²) >= 11 is 5.63. The van der Waals surface area contributed by atoms with Crippen LogP contribution in [0.25, 0.3) is 11.0 Å². The highest BCUT2D eigenvalue weighted by Gasteiger charge is 2.33. The van der Waals surface area contributed by atoms with Gasteiger partial charge in [-0.05, 0) is 55.3 Å². The zero-order chi connectivity index (χ0) is 26.0. The lowest BCUT2D eigenvalue weighted by atomic mass is 10.2. The first-order valence-corrected chi connectivity index (χ1v) is 11.9. The predicted molar refractivity (Wildman–Crippen MR) is 137 cm³/mol. The van der Waals surface area contributed by atoms with E-state index in [1.54, 1.807) is 42.6 Å². The first-order chi connectivity index (χ1) is 17.7. The van der Waals surface area contributed by atoms with Crippen LogP contribution in [0.15, 0.2) is 66.9 Å². The van der Waals surface area contributed by atoms with Gasteiger partial charge in [-0.25, -0.2) is 9.78 Å². The Kier molecular flexibility index (Phi) is 6.75. The standard InChI is InChI=1S/C26H21ClF3N5O2/c27-21-8-6-17(13-20(21)26(28,29)30)33-25(36)32-16-4-3-5-18(12-16)37-19-7-9-22-23(14-19)34-24(15-31-22)35-10-1-2-11-35/h3-9,12-15H,1-2,10-11H2,(H2,32,33,36). The molecule has 0 aliphatic carbocycles. The van der Waals surface area contributed by atoms with Crippen LogP contribution in [0.4, 0.5) is 35.2 Å². The zero-order valence-corrected chi connectivity index (χ0v) is 20.1. The summed E-state index contributed by atoms with van der Waals surface area (Å²) in [7, 11) is 0. The number of fused-ring (bicyclic) bond motifs is 1. The third-order valence-corrected chi connectivity index (χ3v) is 6.12. The topological polar surface area (TPSA) is 79.4 Å². The molecule has 0 radical (unpaired) electrons. The van der Waals surface area contributed by atoms with E-state index in [1.165, 1.54) is 6.07 Å². The van der Waals surface area contributed by atoms with Gasteiger partial charge in [-0.3, -0.25) is 4.98 Å². The summed E-state index contributed by atoms with van der Waals surface area (Å²) in [6.07, 6.45) is -0.581. The molecule has 37 heavy (non-hydrogen) atoms. The average molecular weight is 528 g/mol. The van der Waals surface area contributed by atoms with Crippen LogP contribution in [0.2, 0.25) is 5.02 Å². The molecule has 7 nitrogen and oxygen atoms in total. The molecule has 4 aromatic rings. The molecule has 0 atom stereocenters. The summed E-state index contributed by atoms with van der Waals surface area (Å²) in [5, 5.41) is 4.52. The molecular formula is C26H21ClF3N5O2. The number of aromatic nitrogens is 2. The summed E-state index contributed by atoms with van der Waals surface area (Å²) in [4.78, 5) is 23.8. The highest BCUT2D eigenvalue weighted by Crippen LogP contribution is 2.36. The number of nitrogens with one attached hydrogen (secondary N) is 2. The van der Waals surface area contributed by atoms with Gasteiger partial charge in [0.1, 0.15) is 17.3 Å². The van der Waals surface area contributed by atoms with Gasteiger partial charge >= 0.3 is 12.2 Å². The number of hydrogen-bond donors (Lipinski definition) is 2. The number of amides is 2. The van der Waals surface area contributed by atoms with E-state index in [2.05, 4.69) is 20.5 Å². The molecule has 1 fully saturated rings. The normalized spacial score (nSPS) is 13.6. The Balaban J connectivity index is 1.27. The minimum Gasteiger partial charge on any atom is -0.457 e. The summed E-state index contributed by atoms with van der Waals surface area (Å²) in [5.74, 6) is 1.83. The first kappa shape index (κ1) is 24.6. The van der Waals surface area contributed by atoms with E-state index in [4.69, 9.17) is 21.3 Å². The predicted octanol–water partition coefficient (Wildman–Crippen LogP) is 7.34. The number of halogens is 4. The molecule has 3 aromatic carbocycles. The van der Waals surface area contributed by atoms with Gasteiger partial charge in [0.15, 0.2) is 0 Å². The van der Waals surface area contributed by atoms with Gasteiger partial charge in [0.05, 0.1) is 27.8 Å². The van der Waals surface area contributed by atoms with Gasteiger partial charge in [-0.2, -0.15) is 13.2 Å². The smallest absolute Gasteiger partial charge is 0.417 e. The van der Waals surface area contributed by atoms with Crippen LogP contribution in [-0.2, 0) is 6.18 Å². The molecule has 190 valence electrons. The van der Waals surface area contributed by atoms with Gasteiger partial charge in [0.25, 0.3) is 0 Å².